The van der Waals surface area contributed by atoms with Gasteiger partial charge in [0.05, 0.1) is 5.69 Å². The van der Waals surface area contributed by atoms with Gasteiger partial charge in [-0.3, -0.25) is 19.3 Å². The minimum atomic E-state index is -0.249. The predicted octanol–water partition coefficient (Wildman–Crippen LogP) is 3.60. The Morgan fingerprint density at radius 3 is 2.30 bits per heavy atom. The zero-order valence-corrected chi connectivity index (χ0v) is 16.4. The van der Waals surface area contributed by atoms with Crippen LogP contribution in [0.15, 0.2) is 24.3 Å². The second kappa shape index (κ2) is 7.87. The molecule has 0 unspecified atom stereocenters. The van der Waals surface area contributed by atoms with Gasteiger partial charge >= 0.3 is 0 Å². The van der Waals surface area contributed by atoms with Gasteiger partial charge in [-0.05, 0) is 36.6 Å². The molecule has 1 aromatic heterocycles. The molecule has 142 valence electrons. The van der Waals surface area contributed by atoms with Gasteiger partial charge in [0.1, 0.15) is 4.88 Å². The van der Waals surface area contributed by atoms with E-state index >= 15 is 0 Å². The lowest BCUT2D eigenvalue weighted by molar-refractivity contribution is -0.117. The molecule has 2 aromatic rings. The van der Waals surface area contributed by atoms with Gasteiger partial charge in [0.15, 0.2) is 5.13 Å². The van der Waals surface area contributed by atoms with E-state index in [-0.39, 0.29) is 23.6 Å². The molecule has 0 aliphatic carbocycles. The third-order valence-electron chi connectivity index (χ3n) is 4.16. The van der Waals surface area contributed by atoms with Gasteiger partial charge in [-0.25, -0.2) is 4.98 Å². The molecule has 1 aromatic carbocycles. The van der Waals surface area contributed by atoms with Crippen LogP contribution < -0.4 is 15.5 Å². The Bertz CT molecular complexity index is 874. The van der Waals surface area contributed by atoms with Crippen LogP contribution in [0.5, 0.6) is 0 Å². The summed E-state index contributed by atoms with van der Waals surface area (Å²) in [5.41, 5.74) is 1.98. The average Bonchev–Trinajstić information content (AvgIpc) is 3.22. The van der Waals surface area contributed by atoms with E-state index < -0.39 is 0 Å². The van der Waals surface area contributed by atoms with E-state index in [0.29, 0.717) is 40.0 Å². The highest BCUT2D eigenvalue weighted by molar-refractivity contribution is 7.18. The standard InChI is InChI=1S/C19H22N4O3S/c1-11(2)16-17(27-19(22-16)23-10-4-5-15(23)25)18(26)21-14-8-6-13(7-9-14)20-12(3)24/h6-9,11H,4-5,10H2,1-3H3,(H,20,24)(H,21,26). The number of hydrogen-bond acceptors (Lipinski definition) is 5. The summed E-state index contributed by atoms with van der Waals surface area (Å²) in [6, 6.07) is 6.90. The van der Waals surface area contributed by atoms with E-state index in [2.05, 4.69) is 15.6 Å². The van der Waals surface area contributed by atoms with Crippen LogP contribution in [0.2, 0.25) is 0 Å². The first-order valence-electron chi connectivity index (χ1n) is 8.85. The summed E-state index contributed by atoms with van der Waals surface area (Å²) in [4.78, 5) is 42.6. The van der Waals surface area contributed by atoms with Crippen LogP contribution in [0, 0.1) is 0 Å². The summed E-state index contributed by atoms with van der Waals surface area (Å²) in [5, 5.41) is 6.14. The minimum Gasteiger partial charge on any atom is -0.326 e. The van der Waals surface area contributed by atoms with Crippen molar-refractivity contribution in [3.8, 4) is 0 Å². The van der Waals surface area contributed by atoms with E-state index in [9.17, 15) is 14.4 Å². The number of rotatable bonds is 5. The van der Waals surface area contributed by atoms with Crippen molar-refractivity contribution in [1.82, 2.24) is 4.98 Å². The van der Waals surface area contributed by atoms with Crippen LogP contribution in [0.25, 0.3) is 0 Å². The summed E-state index contributed by atoms with van der Waals surface area (Å²) in [6.45, 7) is 6.04. The summed E-state index contributed by atoms with van der Waals surface area (Å²) in [6.07, 6.45) is 1.34. The van der Waals surface area contributed by atoms with E-state index in [4.69, 9.17) is 0 Å². The molecule has 8 heteroatoms. The van der Waals surface area contributed by atoms with Crippen LogP contribution >= 0.6 is 11.3 Å². The Kier molecular flexibility index (Phi) is 5.55. The number of anilines is 3. The molecule has 3 rings (SSSR count). The first-order valence-corrected chi connectivity index (χ1v) is 9.67. The topological polar surface area (TPSA) is 91.4 Å². The van der Waals surface area contributed by atoms with E-state index in [1.54, 1.807) is 29.2 Å². The molecule has 1 saturated heterocycles. The molecule has 2 heterocycles. The number of nitrogens with zero attached hydrogens (tertiary/aromatic N) is 2. The number of aromatic nitrogens is 1. The Morgan fingerprint density at radius 2 is 1.78 bits per heavy atom. The maximum absolute atomic E-state index is 12.8. The van der Waals surface area contributed by atoms with Gasteiger partial charge in [-0.1, -0.05) is 25.2 Å². The van der Waals surface area contributed by atoms with Gasteiger partial charge < -0.3 is 10.6 Å². The average molecular weight is 386 g/mol. The highest BCUT2D eigenvalue weighted by Gasteiger charge is 2.28. The lowest BCUT2D eigenvalue weighted by Gasteiger charge is -2.10. The van der Waals surface area contributed by atoms with Gasteiger partial charge in [-0.15, -0.1) is 0 Å². The molecular formula is C19H22N4O3S. The summed E-state index contributed by atoms with van der Waals surface area (Å²) < 4.78 is 0. The molecule has 0 bridgehead atoms. The fourth-order valence-electron chi connectivity index (χ4n) is 2.87. The molecule has 1 fully saturated rings. The predicted molar refractivity (Wildman–Crippen MR) is 106 cm³/mol. The van der Waals surface area contributed by atoms with Gasteiger partial charge in [0, 0.05) is 31.3 Å². The first kappa shape index (κ1) is 19.0. The molecule has 7 nitrogen and oxygen atoms in total. The largest absolute Gasteiger partial charge is 0.326 e. The van der Waals surface area contributed by atoms with Crippen molar-refractivity contribution in [2.45, 2.75) is 39.5 Å². The second-order valence-electron chi connectivity index (χ2n) is 6.73. The van der Waals surface area contributed by atoms with Crippen molar-refractivity contribution in [2.75, 3.05) is 22.1 Å². The van der Waals surface area contributed by atoms with Crippen LogP contribution in [-0.4, -0.2) is 29.3 Å². The fraction of sp³-hybridized carbons (Fsp3) is 0.368. The summed E-state index contributed by atoms with van der Waals surface area (Å²) in [5.74, 6) is -0.279. The van der Waals surface area contributed by atoms with Crippen molar-refractivity contribution in [3.63, 3.8) is 0 Å². The van der Waals surface area contributed by atoms with Gasteiger partial charge in [-0.2, -0.15) is 0 Å². The number of hydrogen-bond donors (Lipinski definition) is 2. The maximum Gasteiger partial charge on any atom is 0.267 e. The quantitative estimate of drug-likeness (QED) is 0.821. The van der Waals surface area contributed by atoms with Crippen molar-refractivity contribution in [2.24, 2.45) is 0 Å². The van der Waals surface area contributed by atoms with E-state index in [1.807, 2.05) is 13.8 Å². The monoisotopic (exact) mass is 386 g/mol. The lowest BCUT2D eigenvalue weighted by atomic mass is 10.1. The Balaban J connectivity index is 1.80. The van der Waals surface area contributed by atoms with Gasteiger partial charge in [0.2, 0.25) is 11.8 Å². The number of carbonyl (C=O) groups excluding carboxylic acids is 3. The highest BCUT2D eigenvalue weighted by Crippen LogP contribution is 2.33. The van der Waals surface area contributed by atoms with E-state index in [0.717, 1.165) is 6.42 Å². The summed E-state index contributed by atoms with van der Waals surface area (Å²) in [7, 11) is 0. The Hall–Kier alpha value is -2.74. The van der Waals surface area contributed by atoms with Crippen LogP contribution in [-0.2, 0) is 9.59 Å². The molecule has 0 spiro atoms. The van der Waals surface area contributed by atoms with Crippen LogP contribution in [0.4, 0.5) is 16.5 Å². The van der Waals surface area contributed by atoms with Crippen LogP contribution in [0.3, 0.4) is 0 Å². The van der Waals surface area contributed by atoms with Crippen LogP contribution in [0.1, 0.15) is 54.9 Å². The third kappa shape index (κ3) is 4.33. The molecule has 0 atom stereocenters. The van der Waals surface area contributed by atoms with E-state index in [1.165, 1.54) is 18.3 Å². The minimum absolute atomic E-state index is 0.0552. The number of thiazole rings is 1. The Morgan fingerprint density at radius 1 is 1.15 bits per heavy atom. The molecule has 2 N–H and O–H groups in total. The summed E-state index contributed by atoms with van der Waals surface area (Å²) >= 11 is 1.25. The normalized spacial score (nSPS) is 13.9. The third-order valence-corrected chi connectivity index (χ3v) is 5.26. The number of nitrogens with one attached hydrogen (secondary N) is 2. The molecule has 1 aliphatic heterocycles. The fourth-order valence-corrected chi connectivity index (χ4v) is 4.03. The van der Waals surface area contributed by atoms with Crippen molar-refractivity contribution >= 4 is 45.6 Å². The zero-order valence-electron chi connectivity index (χ0n) is 15.5. The first-order chi connectivity index (χ1) is 12.8. The van der Waals surface area contributed by atoms with Crippen molar-refractivity contribution in [1.29, 1.82) is 0 Å². The molecule has 1 aliphatic rings. The van der Waals surface area contributed by atoms with Crippen molar-refractivity contribution in [3.05, 3.63) is 34.8 Å². The Labute approximate surface area is 161 Å². The maximum atomic E-state index is 12.8. The lowest BCUT2D eigenvalue weighted by Crippen LogP contribution is -2.23. The zero-order chi connectivity index (χ0) is 19.6. The molecular weight excluding hydrogens is 364 g/mol. The van der Waals surface area contributed by atoms with Gasteiger partial charge in [0.25, 0.3) is 5.91 Å². The number of benzene rings is 1. The highest BCUT2D eigenvalue weighted by atomic mass is 32.1. The van der Waals surface area contributed by atoms with Crippen molar-refractivity contribution < 1.29 is 14.4 Å². The molecule has 0 radical (unpaired) electrons. The number of carbonyl (C=O) groups is 3. The molecule has 27 heavy (non-hydrogen) atoms. The number of amides is 3. The second-order valence-corrected chi connectivity index (χ2v) is 7.70. The molecule has 3 amide bonds. The molecule has 0 saturated carbocycles. The SMILES string of the molecule is CC(=O)Nc1ccc(NC(=O)c2sc(N3CCCC3=O)nc2C(C)C)cc1. The smallest absolute Gasteiger partial charge is 0.267 e.